The lowest BCUT2D eigenvalue weighted by molar-refractivity contribution is -0.136. The van der Waals surface area contributed by atoms with Gasteiger partial charge in [0.1, 0.15) is 6.17 Å². The highest BCUT2D eigenvalue weighted by Gasteiger charge is 2.30. The van der Waals surface area contributed by atoms with Crippen molar-refractivity contribution in [3.63, 3.8) is 0 Å². The second-order valence-corrected chi connectivity index (χ2v) is 6.98. The van der Waals surface area contributed by atoms with Crippen LogP contribution in [0.25, 0.3) is 0 Å². The van der Waals surface area contributed by atoms with Crippen molar-refractivity contribution in [1.82, 2.24) is 5.32 Å². The van der Waals surface area contributed by atoms with E-state index in [1.807, 2.05) is 0 Å². The van der Waals surface area contributed by atoms with Crippen LogP contribution in [-0.4, -0.2) is 41.2 Å². The van der Waals surface area contributed by atoms with Crippen LogP contribution in [0.1, 0.15) is 25.7 Å². The Bertz CT molecular complexity index is 285. The Balaban J connectivity index is 1.85. The minimum absolute atomic E-state index is 0.0111. The number of nitrogens with one attached hydrogen (secondary N) is 1. The summed E-state index contributed by atoms with van der Waals surface area (Å²) in [5, 5.41) is 11.2. The van der Waals surface area contributed by atoms with Gasteiger partial charge in [0.05, 0.1) is 6.42 Å². The predicted molar refractivity (Wildman–Crippen MR) is 72.4 cm³/mol. The molecule has 18 heavy (non-hydrogen) atoms. The average Bonchev–Trinajstić information content (AvgIpc) is 2.25. The standard InChI is InChI=1S/C11H18FNO3S2/c12-9-5-8(6-9)7-10(14)13-2-4-18-17-3-1-11(15)16/h8-9H,1-7H2,(H,13,14)(H,15,16). The van der Waals surface area contributed by atoms with Crippen LogP contribution in [0.4, 0.5) is 4.39 Å². The zero-order valence-electron chi connectivity index (χ0n) is 10.1. The maximum absolute atomic E-state index is 12.5. The van der Waals surface area contributed by atoms with E-state index in [4.69, 9.17) is 5.11 Å². The SMILES string of the molecule is O=C(O)CCSSCCNC(=O)CC1CC(F)C1. The summed E-state index contributed by atoms with van der Waals surface area (Å²) < 4.78 is 12.5. The Morgan fingerprint density at radius 2 is 1.94 bits per heavy atom. The number of alkyl halides is 1. The average molecular weight is 295 g/mol. The number of carboxylic acid groups (broad SMARTS) is 1. The molecule has 1 amide bonds. The fraction of sp³-hybridized carbons (Fsp3) is 0.818. The minimum atomic E-state index is -0.789. The first-order valence-electron chi connectivity index (χ1n) is 5.95. The molecule has 4 nitrogen and oxygen atoms in total. The lowest BCUT2D eigenvalue weighted by Gasteiger charge is -2.28. The highest BCUT2D eigenvalue weighted by Crippen LogP contribution is 2.32. The predicted octanol–water partition coefficient (Wildman–Crippen LogP) is 2.10. The summed E-state index contributed by atoms with van der Waals surface area (Å²) in [5.74, 6) is 0.754. The zero-order chi connectivity index (χ0) is 13.4. The number of rotatable bonds is 9. The van der Waals surface area contributed by atoms with Crippen LogP contribution < -0.4 is 5.32 Å². The lowest BCUT2D eigenvalue weighted by atomic mass is 9.81. The van der Waals surface area contributed by atoms with Gasteiger partial charge in [-0.3, -0.25) is 9.59 Å². The molecule has 1 rings (SSSR count). The fourth-order valence-corrected chi connectivity index (χ4v) is 3.52. The summed E-state index contributed by atoms with van der Waals surface area (Å²) in [4.78, 5) is 21.6. The third-order valence-electron chi connectivity index (χ3n) is 2.64. The van der Waals surface area contributed by atoms with Crippen molar-refractivity contribution in [1.29, 1.82) is 0 Å². The van der Waals surface area contributed by atoms with E-state index < -0.39 is 12.1 Å². The number of amides is 1. The molecule has 1 saturated carbocycles. The quantitative estimate of drug-likeness (QED) is 0.504. The van der Waals surface area contributed by atoms with Gasteiger partial charge in [-0.2, -0.15) is 0 Å². The summed E-state index contributed by atoms with van der Waals surface area (Å²) >= 11 is 0. The summed E-state index contributed by atoms with van der Waals surface area (Å²) in [6.45, 7) is 0.579. The van der Waals surface area contributed by atoms with E-state index in [1.54, 1.807) is 10.8 Å². The topological polar surface area (TPSA) is 66.4 Å². The number of hydrogen-bond donors (Lipinski definition) is 2. The molecule has 0 heterocycles. The van der Waals surface area contributed by atoms with E-state index in [0.29, 0.717) is 31.6 Å². The first kappa shape index (κ1) is 15.6. The maximum atomic E-state index is 12.5. The van der Waals surface area contributed by atoms with Gasteiger partial charge in [0.15, 0.2) is 0 Å². The molecule has 0 aromatic heterocycles. The van der Waals surface area contributed by atoms with E-state index in [-0.39, 0.29) is 18.2 Å². The number of aliphatic carboxylic acids is 1. The van der Waals surface area contributed by atoms with Crippen molar-refractivity contribution in [3.8, 4) is 0 Å². The summed E-state index contributed by atoms with van der Waals surface area (Å²) in [6.07, 6.45) is 0.928. The molecule has 0 bridgehead atoms. The molecule has 7 heteroatoms. The van der Waals surface area contributed by atoms with E-state index in [9.17, 15) is 14.0 Å². The maximum Gasteiger partial charge on any atom is 0.304 e. The first-order valence-corrected chi connectivity index (χ1v) is 8.43. The van der Waals surface area contributed by atoms with Crippen LogP contribution in [0.15, 0.2) is 0 Å². The molecule has 104 valence electrons. The third-order valence-corrected chi connectivity index (χ3v) is 5.05. The van der Waals surface area contributed by atoms with Gasteiger partial charge in [0.25, 0.3) is 0 Å². The van der Waals surface area contributed by atoms with Gasteiger partial charge in [0.2, 0.25) is 5.91 Å². The third kappa shape index (κ3) is 7.10. The van der Waals surface area contributed by atoms with Crippen LogP contribution in [0.3, 0.4) is 0 Å². The van der Waals surface area contributed by atoms with Crippen LogP contribution in [0.5, 0.6) is 0 Å². The Kier molecular flexibility index (Phi) is 7.50. The molecule has 1 aliphatic carbocycles. The van der Waals surface area contributed by atoms with Crippen LogP contribution >= 0.6 is 21.6 Å². The second kappa shape index (κ2) is 8.63. The Labute approximate surface area is 114 Å². The van der Waals surface area contributed by atoms with E-state index >= 15 is 0 Å². The smallest absolute Gasteiger partial charge is 0.304 e. The molecule has 0 saturated heterocycles. The Hall–Kier alpha value is -0.430. The Morgan fingerprint density at radius 3 is 2.56 bits per heavy atom. The molecule has 1 fully saturated rings. The van der Waals surface area contributed by atoms with Gasteiger partial charge in [-0.25, -0.2) is 4.39 Å². The van der Waals surface area contributed by atoms with Crippen molar-refractivity contribution < 1.29 is 19.1 Å². The first-order chi connectivity index (χ1) is 8.58. The van der Waals surface area contributed by atoms with Gasteiger partial charge in [-0.1, -0.05) is 21.6 Å². The molecule has 0 atom stereocenters. The normalized spacial score (nSPS) is 22.3. The number of hydrogen-bond acceptors (Lipinski definition) is 4. The molecule has 0 unspecified atom stereocenters. The van der Waals surface area contributed by atoms with Crippen LogP contribution in [0.2, 0.25) is 0 Å². The van der Waals surface area contributed by atoms with Gasteiger partial charge in [0, 0.05) is 24.5 Å². The van der Waals surface area contributed by atoms with Crippen LogP contribution in [-0.2, 0) is 9.59 Å². The van der Waals surface area contributed by atoms with E-state index in [0.717, 1.165) is 5.75 Å². The highest BCUT2D eigenvalue weighted by atomic mass is 33.1. The fourth-order valence-electron chi connectivity index (χ4n) is 1.63. The van der Waals surface area contributed by atoms with Crippen molar-refractivity contribution in [2.75, 3.05) is 18.1 Å². The summed E-state index contributed by atoms with van der Waals surface area (Å²) in [5.41, 5.74) is 0. The molecule has 0 radical (unpaired) electrons. The molecule has 1 aliphatic rings. The van der Waals surface area contributed by atoms with E-state index in [2.05, 4.69) is 5.32 Å². The lowest BCUT2D eigenvalue weighted by Crippen LogP contribution is -2.33. The van der Waals surface area contributed by atoms with Gasteiger partial charge < -0.3 is 10.4 Å². The second-order valence-electron chi connectivity index (χ2n) is 4.28. The number of halogens is 1. The van der Waals surface area contributed by atoms with Gasteiger partial charge in [-0.05, 0) is 18.8 Å². The van der Waals surface area contributed by atoms with Crippen molar-refractivity contribution >= 4 is 33.5 Å². The molecule has 0 aromatic carbocycles. The number of carbonyl (C=O) groups excluding carboxylic acids is 1. The molecule has 0 aromatic rings. The molecular weight excluding hydrogens is 277 g/mol. The minimum Gasteiger partial charge on any atom is -0.481 e. The highest BCUT2D eigenvalue weighted by molar-refractivity contribution is 8.76. The number of carbonyl (C=O) groups is 2. The van der Waals surface area contributed by atoms with E-state index in [1.165, 1.54) is 10.8 Å². The molecular formula is C11H18FNO3S2. The summed E-state index contributed by atoms with van der Waals surface area (Å²) in [6, 6.07) is 0. The monoisotopic (exact) mass is 295 g/mol. The van der Waals surface area contributed by atoms with Crippen molar-refractivity contribution in [3.05, 3.63) is 0 Å². The largest absolute Gasteiger partial charge is 0.481 e. The summed E-state index contributed by atoms with van der Waals surface area (Å²) in [7, 11) is 3.05. The van der Waals surface area contributed by atoms with Crippen molar-refractivity contribution in [2.45, 2.75) is 31.9 Å². The van der Waals surface area contributed by atoms with Gasteiger partial charge in [-0.15, -0.1) is 0 Å². The Morgan fingerprint density at radius 1 is 1.28 bits per heavy atom. The molecule has 2 N–H and O–H groups in total. The molecule has 0 aliphatic heterocycles. The van der Waals surface area contributed by atoms with Crippen molar-refractivity contribution in [2.24, 2.45) is 5.92 Å². The zero-order valence-corrected chi connectivity index (χ0v) is 11.7. The van der Waals surface area contributed by atoms with Gasteiger partial charge >= 0.3 is 5.97 Å². The van der Waals surface area contributed by atoms with Crippen LogP contribution in [0, 0.1) is 5.92 Å². The molecule has 0 spiro atoms. The number of carboxylic acids is 1.